The summed E-state index contributed by atoms with van der Waals surface area (Å²) in [4.78, 5) is 15.5. The lowest BCUT2D eigenvalue weighted by molar-refractivity contribution is -0.122. The number of amides is 1. The van der Waals surface area contributed by atoms with Gasteiger partial charge in [0.05, 0.1) is 31.8 Å². The quantitative estimate of drug-likeness (QED) is 0.522. The molecule has 1 amide bonds. The zero-order valence-corrected chi connectivity index (χ0v) is 21.0. The molecule has 1 N–H and O–H groups in total. The lowest BCUT2D eigenvalue weighted by atomic mass is 10.1. The van der Waals surface area contributed by atoms with Gasteiger partial charge in [0.1, 0.15) is 11.8 Å². The van der Waals surface area contributed by atoms with Crippen LogP contribution in [0.1, 0.15) is 31.4 Å². The Balaban J connectivity index is 1.69. The molecular weight excluding hydrogens is 454 g/mol. The van der Waals surface area contributed by atoms with Crippen molar-refractivity contribution in [3.63, 3.8) is 0 Å². The van der Waals surface area contributed by atoms with Crippen LogP contribution < -0.4 is 14.4 Å². The Morgan fingerprint density at radius 1 is 1.12 bits per heavy atom. The molecule has 1 aliphatic heterocycles. The van der Waals surface area contributed by atoms with Crippen molar-refractivity contribution >= 4 is 21.6 Å². The van der Waals surface area contributed by atoms with E-state index in [0.29, 0.717) is 31.0 Å². The number of nitrogens with one attached hydrogen (secondary N) is 1. The fourth-order valence-corrected chi connectivity index (χ4v) is 5.29. The van der Waals surface area contributed by atoms with Gasteiger partial charge in [0, 0.05) is 26.2 Å². The first-order valence-corrected chi connectivity index (χ1v) is 13.5. The van der Waals surface area contributed by atoms with Gasteiger partial charge >= 0.3 is 0 Å². The van der Waals surface area contributed by atoms with Crippen LogP contribution in [0.5, 0.6) is 5.75 Å². The highest BCUT2D eigenvalue weighted by Gasteiger charge is 2.31. The van der Waals surface area contributed by atoms with Crippen molar-refractivity contribution in [3.05, 3.63) is 59.7 Å². The molecule has 9 heteroatoms. The Kier molecular flexibility index (Phi) is 9.32. The normalized spacial score (nSPS) is 15.5. The number of carbonyl (C=O) groups is 1. The maximum absolute atomic E-state index is 13.1. The first-order valence-electron chi connectivity index (χ1n) is 11.7. The number of sulfonamides is 1. The van der Waals surface area contributed by atoms with Crippen molar-refractivity contribution in [2.24, 2.45) is 0 Å². The number of morpholine rings is 1. The summed E-state index contributed by atoms with van der Waals surface area (Å²) in [6.45, 7) is 8.68. The Bertz CT molecular complexity index is 1040. The Morgan fingerprint density at radius 3 is 2.41 bits per heavy atom. The SMILES string of the molecule is CCOc1ccc(N([C@@H](CC)C(=O)NCc2cccc(CN3CCOCC3)c2)S(C)(=O)=O)cc1. The highest BCUT2D eigenvalue weighted by molar-refractivity contribution is 7.92. The van der Waals surface area contributed by atoms with Crippen LogP contribution in [0.4, 0.5) is 5.69 Å². The predicted octanol–water partition coefficient (Wildman–Crippen LogP) is 2.78. The van der Waals surface area contributed by atoms with Crippen molar-refractivity contribution < 1.29 is 22.7 Å². The van der Waals surface area contributed by atoms with E-state index in [1.54, 1.807) is 31.2 Å². The van der Waals surface area contributed by atoms with Gasteiger partial charge in [-0.2, -0.15) is 0 Å². The van der Waals surface area contributed by atoms with Gasteiger partial charge in [0.15, 0.2) is 0 Å². The van der Waals surface area contributed by atoms with E-state index in [0.717, 1.165) is 44.7 Å². The van der Waals surface area contributed by atoms with E-state index in [1.807, 2.05) is 19.1 Å². The number of hydrogen-bond acceptors (Lipinski definition) is 6. The van der Waals surface area contributed by atoms with Gasteiger partial charge in [-0.3, -0.25) is 14.0 Å². The summed E-state index contributed by atoms with van der Waals surface area (Å²) in [5, 5.41) is 2.93. The second-order valence-electron chi connectivity index (χ2n) is 8.34. The molecule has 34 heavy (non-hydrogen) atoms. The Labute approximate surface area is 202 Å². The minimum atomic E-state index is -3.69. The third-order valence-electron chi connectivity index (χ3n) is 5.70. The third kappa shape index (κ3) is 7.19. The minimum absolute atomic E-state index is 0.327. The topological polar surface area (TPSA) is 88.2 Å². The highest BCUT2D eigenvalue weighted by atomic mass is 32.2. The minimum Gasteiger partial charge on any atom is -0.494 e. The standard InChI is InChI=1S/C25H35N3O5S/c1-4-24(28(34(3,30)31)22-9-11-23(12-10-22)33-5-2)25(29)26-18-20-7-6-8-21(17-20)19-27-13-15-32-16-14-27/h6-12,17,24H,4-5,13-16,18-19H2,1-3H3,(H,26,29)/t24-/m0/s1. The number of rotatable bonds is 11. The first kappa shape index (κ1) is 26.0. The van der Waals surface area contributed by atoms with E-state index >= 15 is 0 Å². The van der Waals surface area contributed by atoms with E-state index in [2.05, 4.69) is 22.3 Å². The van der Waals surface area contributed by atoms with E-state index < -0.39 is 16.1 Å². The average Bonchev–Trinajstić information content (AvgIpc) is 2.82. The second kappa shape index (κ2) is 12.2. The Morgan fingerprint density at radius 2 is 1.79 bits per heavy atom. The summed E-state index contributed by atoms with van der Waals surface area (Å²) in [5.41, 5.74) is 2.58. The molecule has 1 atom stereocenters. The number of carbonyl (C=O) groups excluding carboxylic acids is 1. The maximum Gasteiger partial charge on any atom is 0.244 e. The van der Waals surface area contributed by atoms with E-state index in [1.165, 1.54) is 9.87 Å². The van der Waals surface area contributed by atoms with Crippen LogP contribution in [0, 0.1) is 0 Å². The Hall–Kier alpha value is -2.62. The monoisotopic (exact) mass is 489 g/mol. The molecule has 1 fully saturated rings. The number of hydrogen-bond donors (Lipinski definition) is 1. The van der Waals surface area contributed by atoms with Gasteiger partial charge in [0.2, 0.25) is 15.9 Å². The molecule has 1 aliphatic rings. The van der Waals surface area contributed by atoms with Crippen LogP contribution in [-0.4, -0.2) is 64.4 Å². The van der Waals surface area contributed by atoms with Crippen LogP contribution >= 0.6 is 0 Å². The lowest BCUT2D eigenvalue weighted by Gasteiger charge is -2.30. The van der Waals surface area contributed by atoms with Gasteiger partial charge in [-0.25, -0.2) is 8.42 Å². The fourth-order valence-electron chi connectivity index (χ4n) is 4.08. The van der Waals surface area contributed by atoms with Crippen LogP contribution in [0.15, 0.2) is 48.5 Å². The van der Waals surface area contributed by atoms with Crippen LogP contribution in [-0.2, 0) is 32.6 Å². The molecule has 0 bridgehead atoms. The van der Waals surface area contributed by atoms with Crippen LogP contribution in [0.3, 0.4) is 0 Å². The summed E-state index contributed by atoms with van der Waals surface area (Å²) in [6.07, 6.45) is 1.46. The van der Waals surface area contributed by atoms with Gasteiger partial charge < -0.3 is 14.8 Å². The van der Waals surface area contributed by atoms with Gasteiger partial charge in [-0.05, 0) is 48.7 Å². The van der Waals surface area contributed by atoms with E-state index in [-0.39, 0.29) is 5.91 Å². The highest BCUT2D eigenvalue weighted by Crippen LogP contribution is 2.25. The molecule has 0 saturated carbocycles. The lowest BCUT2D eigenvalue weighted by Crippen LogP contribution is -2.49. The van der Waals surface area contributed by atoms with Gasteiger partial charge in [0.25, 0.3) is 0 Å². The number of benzene rings is 2. The first-order chi connectivity index (χ1) is 16.3. The van der Waals surface area contributed by atoms with Crippen LogP contribution in [0.2, 0.25) is 0 Å². The fraction of sp³-hybridized carbons (Fsp3) is 0.480. The predicted molar refractivity (Wildman–Crippen MR) is 133 cm³/mol. The molecule has 0 radical (unpaired) electrons. The molecule has 3 rings (SSSR count). The second-order valence-corrected chi connectivity index (χ2v) is 10.2. The molecule has 8 nitrogen and oxygen atoms in total. The molecule has 0 aromatic heterocycles. The molecular formula is C25H35N3O5S. The van der Waals surface area contributed by atoms with Crippen molar-refractivity contribution in [1.82, 2.24) is 10.2 Å². The van der Waals surface area contributed by atoms with Gasteiger partial charge in [-0.1, -0.05) is 31.2 Å². The van der Waals surface area contributed by atoms with Crippen molar-refractivity contribution in [3.8, 4) is 5.75 Å². The van der Waals surface area contributed by atoms with E-state index in [9.17, 15) is 13.2 Å². The average molecular weight is 490 g/mol. The molecule has 186 valence electrons. The molecule has 0 spiro atoms. The molecule has 1 saturated heterocycles. The van der Waals surface area contributed by atoms with Crippen molar-refractivity contribution in [2.75, 3.05) is 43.5 Å². The third-order valence-corrected chi connectivity index (χ3v) is 6.88. The van der Waals surface area contributed by atoms with Crippen molar-refractivity contribution in [2.45, 2.75) is 39.4 Å². The number of anilines is 1. The molecule has 0 aliphatic carbocycles. The zero-order chi connectivity index (χ0) is 24.6. The smallest absolute Gasteiger partial charge is 0.244 e. The summed E-state index contributed by atoms with van der Waals surface area (Å²) in [6, 6.07) is 14.0. The summed E-state index contributed by atoms with van der Waals surface area (Å²) in [5.74, 6) is 0.314. The number of nitrogens with zero attached hydrogens (tertiary/aromatic N) is 2. The summed E-state index contributed by atoms with van der Waals surface area (Å²) < 4.78 is 37.4. The maximum atomic E-state index is 13.1. The molecule has 0 unspecified atom stereocenters. The van der Waals surface area contributed by atoms with Gasteiger partial charge in [-0.15, -0.1) is 0 Å². The van der Waals surface area contributed by atoms with Crippen molar-refractivity contribution in [1.29, 1.82) is 0 Å². The number of ether oxygens (including phenoxy) is 2. The summed E-state index contributed by atoms with van der Waals surface area (Å²) in [7, 11) is -3.69. The van der Waals surface area contributed by atoms with E-state index in [4.69, 9.17) is 9.47 Å². The largest absolute Gasteiger partial charge is 0.494 e. The molecule has 2 aromatic carbocycles. The molecule has 1 heterocycles. The van der Waals surface area contributed by atoms with Crippen LogP contribution in [0.25, 0.3) is 0 Å². The zero-order valence-electron chi connectivity index (χ0n) is 20.2. The summed E-state index contributed by atoms with van der Waals surface area (Å²) >= 11 is 0. The molecule has 2 aromatic rings.